The summed E-state index contributed by atoms with van der Waals surface area (Å²) < 4.78 is 0. The number of hydrogen-bond acceptors (Lipinski definition) is 6. The van der Waals surface area contributed by atoms with Gasteiger partial charge in [-0.2, -0.15) is 0 Å². The van der Waals surface area contributed by atoms with Crippen molar-refractivity contribution in [3.05, 3.63) is 70.8 Å². The first-order valence-electron chi connectivity index (χ1n) is 14.8. The summed E-state index contributed by atoms with van der Waals surface area (Å²) in [6.07, 6.45) is 6.24. The minimum Gasteiger partial charge on any atom is -0.316 e. The maximum Gasteiger partial charge on any atom is 0.261 e. The average Bonchev–Trinajstić information content (AvgIpc) is 3.36. The Kier molecular flexibility index (Phi) is 15.0. The van der Waals surface area contributed by atoms with Gasteiger partial charge in [-0.15, -0.1) is 34.0 Å². The molecule has 2 aromatic rings. The van der Waals surface area contributed by atoms with Gasteiger partial charge in [0.25, 0.3) is 23.6 Å². The number of amides is 4. The van der Waals surface area contributed by atoms with Crippen molar-refractivity contribution >= 4 is 57.6 Å². The van der Waals surface area contributed by atoms with E-state index < -0.39 is 0 Å². The molecule has 0 radical (unpaired) electrons. The number of benzene rings is 2. The van der Waals surface area contributed by atoms with Crippen LogP contribution >= 0.6 is 34.0 Å². The van der Waals surface area contributed by atoms with E-state index in [0.29, 0.717) is 35.3 Å². The molecule has 0 fully saturated rings. The number of carbonyl (C=O) groups excluding carboxylic acids is 4. The molecule has 0 saturated carbocycles. The summed E-state index contributed by atoms with van der Waals surface area (Å²) in [6, 6.07) is 14.1. The third kappa shape index (κ3) is 8.58. The predicted octanol–water partition coefficient (Wildman–Crippen LogP) is 5.53. The van der Waals surface area contributed by atoms with E-state index in [0.717, 1.165) is 64.7 Å². The molecule has 2 aromatic carbocycles. The van der Waals surface area contributed by atoms with Crippen LogP contribution in [0.25, 0.3) is 0 Å². The van der Waals surface area contributed by atoms with E-state index in [4.69, 9.17) is 0 Å². The van der Waals surface area contributed by atoms with E-state index in [1.807, 2.05) is 0 Å². The van der Waals surface area contributed by atoms with Crippen LogP contribution in [0.1, 0.15) is 93.8 Å². The van der Waals surface area contributed by atoms with Gasteiger partial charge in [0.1, 0.15) is 0 Å². The molecule has 2 heterocycles. The van der Waals surface area contributed by atoms with Gasteiger partial charge in [0.15, 0.2) is 0 Å². The van der Waals surface area contributed by atoms with Crippen LogP contribution in [-0.4, -0.2) is 72.7 Å². The van der Waals surface area contributed by atoms with Gasteiger partial charge < -0.3 is 10.6 Å². The summed E-state index contributed by atoms with van der Waals surface area (Å²) in [5, 5.41) is 7.02. The molecule has 2 unspecified atom stereocenters. The first kappa shape index (κ1) is 35.8. The predicted molar refractivity (Wildman–Crippen MR) is 176 cm³/mol. The SMILES string of the molecule is Br.Br.CCC(CNCCCCCCNCC(CC)CN1C(=O)c2ccccc2C1=O)CN1C(=O)c2ccccc2C1=O. The zero-order valence-electron chi connectivity index (χ0n) is 24.6. The fourth-order valence-electron chi connectivity index (χ4n) is 5.47. The van der Waals surface area contributed by atoms with Crippen molar-refractivity contribution in [3.63, 3.8) is 0 Å². The zero-order valence-corrected chi connectivity index (χ0v) is 28.0. The van der Waals surface area contributed by atoms with Crippen LogP contribution in [0.2, 0.25) is 0 Å². The summed E-state index contributed by atoms with van der Waals surface area (Å²) in [4.78, 5) is 53.3. The van der Waals surface area contributed by atoms with Crippen LogP contribution in [0.3, 0.4) is 0 Å². The van der Waals surface area contributed by atoms with Crippen molar-refractivity contribution < 1.29 is 19.2 Å². The number of halogens is 2. The van der Waals surface area contributed by atoms with Crippen molar-refractivity contribution in [1.82, 2.24) is 20.4 Å². The van der Waals surface area contributed by atoms with Crippen LogP contribution in [0.4, 0.5) is 0 Å². The summed E-state index contributed by atoms with van der Waals surface area (Å²) in [7, 11) is 0. The highest BCUT2D eigenvalue weighted by Crippen LogP contribution is 2.25. The normalized spacial score (nSPS) is 15.3. The molecule has 0 spiro atoms. The van der Waals surface area contributed by atoms with Crippen molar-refractivity contribution in [3.8, 4) is 0 Å². The average molecular weight is 709 g/mol. The van der Waals surface area contributed by atoms with Gasteiger partial charge in [-0.1, -0.05) is 63.8 Å². The van der Waals surface area contributed by atoms with Gasteiger partial charge in [0.05, 0.1) is 22.3 Å². The highest BCUT2D eigenvalue weighted by molar-refractivity contribution is 8.93. The first-order chi connectivity index (χ1) is 19.5. The Labute approximate surface area is 270 Å². The highest BCUT2D eigenvalue weighted by atomic mass is 79.9. The molecule has 4 rings (SSSR count). The van der Waals surface area contributed by atoms with Crippen molar-refractivity contribution in [2.45, 2.75) is 52.4 Å². The lowest BCUT2D eigenvalue weighted by molar-refractivity contribution is 0.0612. The molecule has 230 valence electrons. The number of rotatable bonds is 17. The Morgan fingerprint density at radius 1 is 0.548 bits per heavy atom. The fourth-order valence-corrected chi connectivity index (χ4v) is 5.47. The van der Waals surface area contributed by atoms with Crippen LogP contribution < -0.4 is 10.6 Å². The largest absolute Gasteiger partial charge is 0.316 e. The molecule has 0 aromatic heterocycles. The van der Waals surface area contributed by atoms with Crippen LogP contribution in [0, 0.1) is 11.8 Å². The summed E-state index contributed by atoms with van der Waals surface area (Å²) >= 11 is 0. The topological polar surface area (TPSA) is 98.8 Å². The van der Waals surface area contributed by atoms with Gasteiger partial charge in [-0.25, -0.2) is 0 Å². The molecule has 10 heteroatoms. The number of carbonyl (C=O) groups is 4. The van der Waals surface area contributed by atoms with Gasteiger partial charge in [-0.05, 0) is 75.1 Å². The van der Waals surface area contributed by atoms with Crippen molar-refractivity contribution in [1.29, 1.82) is 0 Å². The standard InChI is InChI=1S/C32H42N4O4.2BrH/c1-3-23(21-35-29(37)25-13-7-8-14-26(25)30(35)38)19-33-17-11-5-6-12-18-34-20-24(4-2)22-36-31(39)27-15-9-10-16-28(27)32(36)40;;/h7-10,13-16,23-24,33-34H,3-6,11-12,17-22H2,1-2H3;2*1H. The van der Waals surface area contributed by atoms with E-state index >= 15 is 0 Å². The number of nitrogens with one attached hydrogen (secondary N) is 2. The summed E-state index contributed by atoms with van der Waals surface area (Å²) in [5.41, 5.74) is 2.05. The van der Waals surface area contributed by atoms with Crippen LogP contribution in [0.5, 0.6) is 0 Å². The maximum absolute atomic E-state index is 12.6. The van der Waals surface area contributed by atoms with Gasteiger partial charge >= 0.3 is 0 Å². The molecule has 0 aliphatic carbocycles. The fraction of sp³-hybridized carbons (Fsp3) is 0.500. The Balaban J connectivity index is 0.00000308. The van der Waals surface area contributed by atoms with Gasteiger partial charge in [0.2, 0.25) is 0 Å². The molecule has 0 saturated heterocycles. The van der Waals surface area contributed by atoms with Gasteiger partial charge in [-0.3, -0.25) is 29.0 Å². The Bertz CT molecular complexity index is 1060. The van der Waals surface area contributed by atoms with E-state index in [1.165, 1.54) is 9.80 Å². The lowest BCUT2D eigenvalue weighted by atomic mass is 10.1. The smallest absolute Gasteiger partial charge is 0.261 e. The molecule has 42 heavy (non-hydrogen) atoms. The molecular weight excluding hydrogens is 664 g/mol. The molecule has 8 nitrogen and oxygen atoms in total. The molecule has 0 bridgehead atoms. The number of imide groups is 2. The van der Waals surface area contributed by atoms with Crippen LogP contribution in [-0.2, 0) is 0 Å². The Hall–Kier alpha value is -2.40. The van der Waals surface area contributed by atoms with Crippen molar-refractivity contribution in [2.75, 3.05) is 39.3 Å². The lowest BCUT2D eigenvalue weighted by Crippen LogP contribution is -2.38. The van der Waals surface area contributed by atoms with Crippen LogP contribution in [0.15, 0.2) is 48.5 Å². The molecule has 2 aliphatic heterocycles. The van der Waals surface area contributed by atoms with E-state index in [9.17, 15) is 19.2 Å². The number of hydrogen-bond donors (Lipinski definition) is 2. The molecular formula is C32H44Br2N4O4. The second-order valence-electron chi connectivity index (χ2n) is 10.9. The summed E-state index contributed by atoms with van der Waals surface area (Å²) in [5.74, 6) is -0.248. The number of unbranched alkanes of at least 4 members (excludes halogenated alkanes) is 3. The molecule has 2 N–H and O–H groups in total. The minimum absolute atomic E-state index is 0. The second kappa shape index (κ2) is 17.7. The summed E-state index contributed by atoms with van der Waals surface area (Å²) in [6.45, 7) is 8.52. The monoisotopic (exact) mass is 706 g/mol. The van der Waals surface area contributed by atoms with E-state index in [-0.39, 0.29) is 69.4 Å². The Morgan fingerprint density at radius 3 is 1.14 bits per heavy atom. The molecule has 2 aliphatic rings. The molecule has 2 atom stereocenters. The third-order valence-electron chi connectivity index (χ3n) is 8.12. The van der Waals surface area contributed by atoms with E-state index in [2.05, 4.69) is 24.5 Å². The first-order valence-corrected chi connectivity index (χ1v) is 14.8. The second-order valence-corrected chi connectivity index (χ2v) is 10.9. The van der Waals surface area contributed by atoms with Crippen molar-refractivity contribution in [2.24, 2.45) is 11.8 Å². The zero-order chi connectivity index (χ0) is 28.5. The number of nitrogens with zero attached hydrogens (tertiary/aromatic N) is 2. The Morgan fingerprint density at radius 2 is 0.857 bits per heavy atom. The molecule has 4 amide bonds. The maximum atomic E-state index is 12.6. The highest BCUT2D eigenvalue weighted by Gasteiger charge is 2.37. The minimum atomic E-state index is -0.179. The third-order valence-corrected chi connectivity index (χ3v) is 8.12. The number of fused-ring (bicyclic) bond motifs is 2. The van der Waals surface area contributed by atoms with Gasteiger partial charge in [0, 0.05) is 13.1 Å². The quantitative estimate of drug-likeness (QED) is 0.166. The lowest BCUT2D eigenvalue weighted by Gasteiger charge is -2.22. The van der Waals surface area contributed by atoms with E-state index in [1.54, 1.807) is 48.5 Å².